The predicted octanol–water partition coefficient (Wildman–Crippen LogP) is 0.223. The van der Waals surface area contributed by atoms with Crippen LogP contribution in [0.25, 0.3) is 0 Å². The summed E-state index contributed by atoms with van der Waals surface area (Å²) in [6.45, 7) is 1.84. The fourth-order valence-corrected chi connectivity index (χ4v) is 1.23. The Hall–Kier alpha value is -1.22. The van der Waals surface area contributed by atoms with Gasteiger partial charge in [-0.15, -0.1) is 11.8 Å². The molecule has 0 fully saturated rings. The number of nitrogens with one attached hydrogen (secondary N) is 1. The molecule has 0 aromatic rings. The van der Waals surface area contributed by atoms with Gasteiger partial charge in [0.2, 0.25) is 5.91 Å². The summed E-state index contributed by atoms with van der Waals surface area (Å²) in [5.41, 5.74) is 0. The summed E-state index contributed by atoms with van der Waals surface area (Å²) in [7, 11) is 0. The van der Waals surface area contributed by atoms with Crippen molar-refractivity contribution in [2.24, 2.45) is 0 Å². The summed E-state index contributed by atoms with van der Waals surface area (Å²) in [6.07, 6.45) is 0.269. The monoisotopic (exact) mass is 216 g/mol. The molecule has 1 atom stereocenters. The number of rotatable bonds is 6. The molecular weight excluding hydrogens is 204 g/mol. The van der Waals surface area contributed by atoms with E-state index in [9.17, 15) is 9.59 Å². The fourth-order valence-electron chi connectivity index (χ4n) is 0.581. The first-order valence-electron chi connectivity index (χ1n) is 4.06. The van der Waals surface area contributed by atoms with E-state index in [0.29, 0.717) is 6.54 Å². The van der Waals surface area contributed by atoms with Crippen LogP contribution in [0.2, 0.25) is 0 Å². The molecule has 0 bridgehead atoms. The standard InChI is InChI=1S/C8H12N2O3S/c1-6(8(12)13)14-5-7(11)10-4-2-3-9/h6H,2,4-5H2,1H3,(H,10,11)(H,12,13). The minimum Gasteiger partial charge on any atom is -0.480 e. The van der Waals surface area contributed by atoms with Crippen molar-refractivity contribution in [3.05, 3.63) is 0 Å². The second-order valence-electron chi connectivity index (χ2n) is 2.55. The first-order chi connectivity index (χ1) is 6.57. The molecule has 0 aliphatic carbocycles. The van der Waals surface area contributed by atoms with Gasteiger partial charge in [0.1, 0.15) is 0 Å². The second kappa shape index (κ2) is 7.21. The van der Waals surface area contributed by atoms with E-state index in [-0.39, 0.29) is 18.1 Å². The zero-order valence-electron chi connectivity index (χ0n) is 7.82. The van der Waals surface area contributed by atoms with Crippen LogP contribution < -0.4 is 5.32 Å². The van der Waals surface area contributed by atoms with E-state index >= 15 is 0 Å². The number of carboxylic acids is 1. The van der Waals surface area contributed by atoms with Crippen molar-refractivity contribution in [2.75, 3.05) is 12.3 Å². The Kier molecular flexibility index (Phi) is 6.58. The van der Waals surface area contributed by atoms with E-state index in [2.05, 4.69) is 5.32 Å². The average Bonchev–Trinajstić information content (AvgIpc) is 2.14. The zero-order chi connectivity index (χ0) is 11.0. The number of thioether (sulfide) groups is 1. The Labute approximate surface area is 86.5 Å². The van der Waals surface area contributed by atoms with Gasteiger partial charge in [-0.3, -0.25) is 9.59 Å². The molecule has 0 heterocycles. The highest BCUT2D eigenvalue weighted by Crippen LogP contribution is 2.09. The highest BCUT2D eigenvalue weighted by molar-refractivity contribution is 8.01. The van der Waals surface area contributed by atoms with Crippen LogP contribution in [0.4, 0.5) is 0 Å². The minimum absolute atomic E-state index is 0.110. The molecular formula is C8H12N2O3S. The molecule has 14 heavy (non-hydrogen) atoms. The van der Waals surface area contributed by atoms with Crippen molar-refractivity contribution in [3.63, 3.8) is 0 Å². The molecule has 0 radical (unpaired) electrons. The summed E-state index contributed by atoms with van der Waals surface area (Å²) in [4.78, 5) is 21.4. The number of amides is 1. The molecule has 0 aliphatic rings. The summed E-state index contributed by atoms with van der Waals surface area (Å²) in [5, 5.41) is 18.6. The van der Waals surface area contributed by atoms with Crippen LogP contribution in [-0.4, -0.2) is 34.5 Å². The molecule has 1 unspecified atom stereocenters. The number of carboxylic acid groups (broad SMARTS) is 1. The van der Waals surface area contributed by atoms with Gasteiger partial charge in [0.05, 0.1) is 23.5 Å². The van der Waals surface area contributed by atoms with Gasteiger partial charge in [0.25, 0.3) is 0 Å². The number of carbonyl (C=O) groups is 2. The number of nitriles is 1. The topological polar surface area (TPSA) is 90.2 Å². The van der Waals surface area contributed by atoms with Gasteiger partial charge in [0.15, 0.2) is 0 Å². The highest BCUT2D eigenvalue weighted by atomic mass is 32.2. The number of aliphatic carboxylic acids is 1. The molecule has 0 aliphatic heterocycles. The van der Waals surface area contributed by atoms with E-state index in [4.69, 9.17) is 10.4 Å². The normalized spacial score (nSPS) is 11.4. The number of carbonyl (C=O) groups excluding carboxylic acids is 1. The van der Waals surface area contributed by atoms with Gasteiger partial charge >= 0.3 is 5.97 Å². The highest BCUT2D eigenvalue weighted by Gasteiger charge is 2.12. The van der Waals surface area contributed by atoms with Crippen molar-refractivity contribution in [2.45, 2.75) is 18.6 Å². The molecule has 0 aromatic carbocycles. The Morgan fingerprint density at radius 1 is 1.64 bits per heavy atom. The third-order valence-electron chi connectivity index (χ3n) is 1.37. The summed E-state index contributed by atoms with van der Waals surface area (Å²) in [6, 6.07) is 1.89. The molecule has 0 saturated heterocycles. The summed E-state index contributed by atoms with van der Waals surface area (Å²) in [5.74, 6) is -1.06. The fraction of sp³-hybridized carbons (Fsp3) is 0.625. The third-order valence-corrected chi connectivity index (χ3v) is 2.50. The molecule has 0 aromatic heterocycles. The molecule has 78 valence electrons. The first kappa shape index (κ1) is 12.8. The van der Waals surface area contributed by atoms with E-state index < -0.39 is 11.2 Å². The summed E-state index contributed by atoms with van der Waals surface area (Å²) < 4.78 is 0. The number of hydrogen-bond donors (Lipinski definition) is 2. The zero-order valence-corrected chi connectivity index (χ0v) is 8.63. The lowest BCUT2D eigenvalue weighted by Crippen LogP contribution is -2.27. The van der Waals surface area contributed by atoms with Gasteiger partial charge in [0, 0.05) is 6.54 Å². The van der Waals surface area contributed by atoms with Crippen molar-refractivity contribution in [1.29, 1.82) is 5.26 Å². The lowest BCUT2D eigenvalue weighted by atomic mass is 10.4. The maximum Gasteiger partial charge on any atom is 0.316 e. The van der Waals surface area contributed by atoms with E-state index in [1.165, 1.54) is 6.92 Å². The van der Waals surface area contributed by atoms with Crippen molar-refractivity contribution >= 4 is 23.6 Å². The van der Waals surface area contributed by atoms with Crippen molar-refractivity contribution in [1.82, 2.24) is 5.32 Å². The number of hydrogen-bond acceptors (Lipinski definition) is 4. The van der Waals surface area contributed by atoms with Crippen molar-refractivity contribution < 1.29 is 14.7 Å². The maximum atomic E-state index is 11.0. The SMILES string of the molecule is CC(SCC(=O)NCCC#N)C(=O)O. The van der Waals surface area contributed by atoms with Crippen LogP contribution in [0, 0.1) is 11.3 Å². The van der Waals surface area contributed by atoms with Crippen LogP contribution >= 0.6 is 11.8 Å². The molecule has 0 saturated carbocycles. The van der Waals surface area contributed by atoms with Gasteiger partial charge in [-0.1, -0.05) is 0 Å². The minimum atomic E-state index is -0.931. The van der Waals surface area contributed by atoms with Crippen LogP contribution in [0.5, 0.6) is 0 Å². The first-order valence-corrected chi connectivity index (χ1v) is 5.11. The molecule has 2 N–H and O–H groups in total. The molecule has 0 spiro atoms. The van der Waals surface area contributed by atoms with Gasteiger partial charge < -0.3 is 10.4 Å². The molecule has 0 rings (SSSR count). The largest absolute Gasteiger partial charge is 0.480 e. The Bertz CT molecular complexity index is 249. The van der Waals surface area contributed by atoms with Crippen LogP contribution in [0.1, 0.15) is 13.3 Å². The van der Waals surface area contributed by atoms with Crippen LogP contribution in [0.15, 0.2) is 0 Å². The number of nitrogens with zero attached hydrogens (tertiary/aromatic N) is 1. The maximum absolute atomic E-state index is 11.0. The Morgan fingerprint density at radius 2 is 2.29 bits per heavy atom. The quantitative estimate of drug-likeness (QED) is 0.620. The molecule has 6 heteroatoms. The molecule has 1 amide bonds. The van der Waals surface area contributed by atoms with Crippen molar-refractivity contribution in [3.8, 4) is 6.07 Å². The van der Waals surface area contributed by atoms with Crippen LogP contribution in [0.3, 0.4) is 0 Å². The summed E-state index contributed by atoms with van der Waals surface area (Å²) >= 11 is 1.06. The Morgan fingerprint density at radius 3 is 2.79 bits per heavy atom. The van der Waals surface area contributed by atoms with E-state index in [1.54, 1.807) is 0 Å². The smallest absolute Gasteiger partial charge is 0.316 e. The van der Waals surface area contributed by atoms with Gasteiger partial charge in [-0.05, 0) is 6.92 Å². The molecule has 5 nitrogen and oxygen atoms in total. The van der Waals surface area contributed by atoms with Gasteiger partial charge in [-0.25, -0.2) is 0 Å². The average molecular weight is 216 g/mol. The third kappa shape index (κ3) is 6.31. The second-order valence-corrected chi connectivity index (χ2v) is 3.88. The Balaban J connectivity index is 3.54. The lowest BCUT2D eigenvalue weighted by molar-refractivity contribution is -0.136. The van der Waals surface area contributed by atoms with Gasteiger partial charge in [-0.2, -0.15) is 5.26 Å². The predicted molar refractivity (Wildman–Crippen MR) is 52.8 cm³/mol. The van der Waals surface area contributed by atoms with E-state index in [1.807, 2.05) is 6.07 Å². The van der Waals surface area contributed by atoms with E-state index in [0.717, 1.165) is 11.8 Å². The lowest BCUT2D eigenvalue weighted by Gasteiger charge is -2.05. The van der Waals surface area contributed by atoms with Crippen LogP contribution in [-0.2, 0) is 9.59 Å².